The summed E-state index contributed by atoms with van der Waals surface area (Å²) in [5, 5.41) is 4.29. The van der Waals surface area contributed by atoms with Gasteiger partial charge >= 0.3 is 0 Å². The summed E-state index contributed by atoms with van der Waals surface area (Å²) in [6, 6.07) is 3.53. The molecular formula is C14H16N2O4. The SMILES string of the molecule is COc1cc(-n2cc(C=O)c(C)n2)cc(OC)c1OC. The van der Waals surface area contributed by atoms with Gasteiger partial charge in [-0.05, 0) is 6.92 Å². The third-order valence-electron chi connectivity index (χ3n) is 2.98. The zero-order chi connectivity index (χ0) is 14.7. The van der Waals surface area contributed by atoms with E-state index in [1.807, 2.05) is 0 Å². The van der Waals surface area contributed by atoms with Crippen LogP contribution in [0.15, 0.2) is 18.3 Å². The van der Waals surface area contributed by atoms with Crippen LogP contribution in [0.5, 0.6) is 17.2 Å². The fourth-order valence-electron chi connectivity index (χ4n) is 1.92. The number of nitrogens with zero attached hydrogens (tertiary/aromatic N) is 2. The minimum absolute atomic E-state index is 0.512. The number of benzene rings is 1. The molecule has 0 fully saturated rings. The van der Waals surface area contributed by atoms with Crippen molar-refractivity contribution in [1.29, 1.82) is 0 Å². The number of rotatable bonds is 5. The Morgan fingerprint density at radius 2 is 1.70 bits per heavy atom. The molecule has 0 saturated heterocycles. The van der Waals surface area contributed by atoms with E-state index in [1.165, 1.54) is 0 Å². The van der Waals surface area contributed by atoms with Crippen molar-refractivity contribution in [2.24, 2.45) is 0 Å². The summed E-state index contributed by atoms with van der Waals surface area (Å²) in [4.78, 5) is 10.9. The highest BCUT2D eigenvalue weighted by Gasteiger charge is 2.15. The van der Waals surface area contributed by atoms with Crippen molar-refractivity contribution in [2.75, 3.05) is 21.3 Å². The summed E-state index contributed by atoms with van der Waals surface area (Å²) in [6.45, 7) is 1.78. The number of carbonyl (C=O) groups is 1. The molecule has 0 bridgehead atoms. The lowest BCUT2D eigenvalue weighted by Crippen LogP contribution is -2.00. The van der Waals surface area contributed by atoms with Gasteiger partial charge in [0.25, 0.3) is 0 Å². The zero-order valence-corrected chi connectivity index (χ0v) is 11.8. The van der Waals surface area contributed by atoms with Gasteiger partial charge in [0.05, 0.1) is 38.3 Å². The van der Waals surface area contributed by atoms with E-state index in [-0.39, 0.29) is 0 Å². The van der Waals surface area contributed by atoms with Crippen molar-refractivity contribution >= 4 is 6.29 Å². The molecule has 0 atom stereocenters. The summed E-state index contributed by atoms with van der Waals surface area (Å²) in [6.07, 6.45) is 2.43. The molecule has 2 aromatic rings. The van der Waals surface area contributed by atoms with Crippen molar-refractivity contribution < 1.29 is 19.0 Å². The monoisotopic (exact) mass is 276 g/mol. The zero-order valence-electron chi connectivity index (χ0n) is 11.8. The van der Waals surface area contributed by atoms with E-state index in [2.05, 4.69) is 5.10 Å². The largest absolute Gasteiger partial charge is 0.493 e. The van der Waals surface area contributed by atoms with Gasteiger partial charge in [-0.3, -0.25) is 4.79 Å². The number of aldehydes is 1. The first-order chi connectivity index (χ1) is 9.64. The molecule has 6 heteroatoms. The van der Waals surface area contributed by atoms with E-state index in [0.29, 0.717) is 28.5 Å². The quantitative estimate of drug-likeness (QED) is 0.782. The maximum atomic E-state index is 10.9. The average Bonchev–Trinajstić information content (AvgIpc) is 2.86. The second-order valence-electron chi connectivity index (χ2n) is 4.12. The minimum atomic E-state index is 0.512. The molecule has 0 aliphatic heterocycles. The maximum absolute atomic E-state index is 10.9. The lowest BCUT2D eigenvalue weighted by molar-refractivity contribution is 0.112. The van der Waals surface area contributed by atoms with Crippen LogP contribution in [0.3, 0.4) is 0 Å². The summed E-state index contributed by atoms with van der Waals surface area (Å²) in [5.74, 6) is 1.57. The van der Waals surface area contributed by atoms with Gasteiger partial charge in [-0.1, -0.05) is 0 Å². The van der Waals surface area contributed by atoms with Crippen molar-refractivity contribution in [3.05, 3.63) is 29.6 Å². The first-order valence-corrected chi connectivity index (χ1v) is 5.96. The first kappa shape index (κ1) is 13.9. The number of methoxy groups -OCH3 is 3. The van der Waals surface area contributed by atoms with Gasteiger partial charge in [0.2, 0.25) is 5.75 Å². The fourth-order valence-corrected chi connectivity index (χ4v) is 1.92. The number of hydrogen-bond acceptors (Lipinski definition) is 5. The highest BCUT2D eigenvalue weighted by Crippen LogP contribution is 2.39. The van der Waals surface area contributed by atoms with Crippen LogP contribution in [0, 0.1) is 6.92 Å². The number of carbonyl (C=O) groups excluding carboxylic acids is 1. The second kappa shape index (κ2) is 5.64. The molecule has 106 valence electrons. The van der Waals surface area contributed by atoms with E-state index in [4.69, 9.17) is 14.2 Å². The van der Waals surface area contributed by atoms with Gasteiger partial charge < -0.3 is 14.2 Å². The predicted molar refractivity (Wildman–Crippen MR) is 73.3 cm³/mol. The number of ether oxygens (including phenoxy) is 3. The van der Waals surface area contributed by atoms with Crippen LogP contribution in [-0.4, -0.2) is 37.4 Å². The molecular weight excluding hydrogens is 260 g/mol. The summed E-state index contributed by atoms with van der Waals surface area (Å²) in [5.41, 5.74) is 1.92. The highest BCUT2D eigenvalue weighted by atomic mass is 16.5. The van der Waals surface area contributed by atoms with Crippen molar-refractivity contribution in [2.45, 2.75) is 6.92 Å². The van der Waals surface area contributed by atoms with Crippen molar-refractivity contribution in [3.8, 4) is 22.9 Å². The topological polar surface area (TPSA) is 62.6 Å². The van der Waals surface area contributed by atoms with Crippen LogP contribution in [0.1, 0.15) is 16.1 Å². The molecule has 0 N–H and O–H groups in total. The van der Waals surface area contributed by atoms with Crippen LogP contribution in [0.2, 0.25) is 0 Å². The van der Waals surface area contributed by atoms with Crippen molar-refractivity contribution in [1.82, 2.24) is 9.78 Å². The molecule has 20 heavy (non-hydrogen) atoms. The Morgan fingerprint density at radius 1 is 1.10 bits per heavy atom. The van der Waals surface area contributed by atoms with Gasteiger partial charge in [0.15, 0.2) is 17.8 Å². The van der Waals surface area contributed by atoms with Gasteiger partial charge in [-0.15, -0.1) is 0 Å². The molecule has 0 amide bonds. The molecule has 6 nitrogen and oxygen atoms in total. The molecule has 0 radical (unpaired) electrons. The van der Waals surface area contributed by atoms with E-state index in [0.717, 1.165) is 12.0 Å². The Morgan fingerprint density at radius 3 is 2.10 bits per heavy atom. The van der Waals surface area contributed by atoms with Gasteiger partial charge in [0.1, 0.15) is 0 Å². The Bertz CT molecular complexity index is 609. The second-order valence-corrected chi connectivity index (χ2v) is 4.12. The molecule has 0 spiro atoms. The van der Waals surface area contributed by atoms with E-state index in [1.54, 1.807) is 51.3 Å². The first-order valence-electron chi connectivity index (χ1n) is 5.96. The van der Waals surface area contributed by atoms with Crippen LogP contribution in [0.4, 0.5) is 0 Å². The summed E-state index contributed by atoms with van der Waals surface area (Å²) < 4.78 is 17.4. The lowest BCUT2D eigenvalue weighted by Gasteiger charge is -2.14. The molecule has 0 unspecified atom stereocenters. The fraction of sp³-hybridized carbons (Fsp3) is 0.286. The van der Waals surface area contributed by atoms with Gasteiger partial charge in [-0.2, -0.15) is 5.10 Å². The highest BCUT2D eigenvalue weighted by molar-refractivity contribution is 5.76. The molecule has 1 aromatic heterocycles. The molecule has 0 aliphatic carbocycles. The van der Waals surface area contributed by atoms with E-state index >= 15 is 0 Å². The predicted octanol–water partition coefficient (Wildman–Crippen LogP) is 2.02. The lowest BCUT2D eigenvalue weighted by atomic mass is 10.2. The molecule has 1 aromatic carbocycles. The Balaban J connectivity index is 2.59. The Kier molecular flexibility index (Phi) is 3.93. The third-order valence-corrected chi connectivity index (χ3v) is 2.98. The van der Waals surface area contributed by atoms with Crippen LogP contribution >= 0.6 is 0 Å². The number of hydrogen-bond donors (Lipinski definition) is 0. The summed E-state index contributed by atoms with van der Waals surface area (Å²) >= 11 is 0. The van der Waals surface area contributed by atoms with Crippen LogP contribution in [0.25, 0.3) is 5.69 Å². The van der Waals surface area contributed by atoms with Crippen molar-refractivity contribution in [3.63, 3.8) is 0 Å². The normalized spacial score (nSPS) is 10.2. The summed E-state index contributed by atoms with van der Waals surface area (Å²) in [7, 11) is 4.64. The molecule has 0 aliphatic rings. The molecule has 2 rings (SSSR count). The maximum Gasteiger partial charge on any atom is 0.203 e. The van der Waals surface area contributed by atoms with E-state index < -0.39 is 0 Å². The van der Waals surface area contributed by atoms with Gasteiger partial charge in [0, 0.05) is 18.3 Å². The molecule has 0 saturated carbocycles. The molecule has 1 heterocycles. The van der Waals surface area contributed by atoms with E-state index in [9.17, 15) is 4.79 Å². The van der Waals surface area contributed by atoms with Crippen LogP contribution in [-0.2, 0) is 0 Å². The number of aromatic nitrogens is 2. The Hall–Kier alpha value is -2.50. The third kappa shape index (κ3) is 2.32. The minimum Gasteiger partial charge on any atom is -0.493 e. The standard InChI is InChI=1S/C14H16N2O4/c1-9-10(8-17)7-16(15-9)11-5-12(18-2)14(20-4)13(6-11)19-3/h5-8H,1-4H3. The Labute approximate surface area is 116 Å². The smallest absolute Gasteiger partial charge is 0.203 e. The number of aryl methyl sites for hydroxylation is 1. The average molecular weight is 276 g/mol. The van der Waals surface area contributed by atoms with Gasteiger partial charge in [-0.25, -0.2) is 4.68 Å². The van der Waals surface area contributed by atoms with Crippen LogP contribution < -0.4 is 14.2 Å².